The number of aliphatic hydroxyl groups is 2. The lowest BCUT2D eigenvalue weighted by Crippen LogP contribution is -2.53. The quantitative estimate of drug-likeness (QED) is 0.294. The molecule has 4 N–H and O–H groups in total. The highest BCUT2D eigenvalue weighted by molar-refractivity contribution is 5.21. The van der Waals surface area contributed by atoms with E-state index in [2.05, 4.69) is 0 Å². The van der Waals surface area contributed by atoms with Crippen LogP contribution in [-0.4, -0.2) is 69.0 Å². The molecule has 1 aliphatic carbocycles. The Morgan fingerprint density at radius 3 is 2.44 bits per heavy atom. The summed E-state index contributed by atoms with van der Waals surface area (Å²) in [6.07, 6.45) is -1.25. The van der Waals surface area contributed by atoms with Gasteiger partial charge in [0.05, 0.1) is 12.6 Å². The van der Waals surface area contributed by atoms with Gasteiger partial charge in [-0.3, -0.25) is 0 Å². The highest BCUT2D eigenvalue weighted by Gasteiger charge is 2.37. The lowest BCUT2D eigenvalue weighted by molar-refractivity contribution is -0.135. The molecule has 0 unspecified atom stereocenters. The Morgan fingerprint density at radius 1 is 1.17 bits per heavy atom. The Labute approximate surface area is 106 Å². The summed E-state index contributed by atoms with van der Waals surface area (Å²) in [6.45, 7) is 0.341. The van der Waals surface area contributed by atoms with Crippen LogP contribution < -0.4 is 5.73 Å². The standard InChI is InChI=1S/C11H21NO6/c1-15-5-17-4-7-3-8(12)9(13)10(14)11(7)18-6-16-2/h3,8-11,13-14H,4-6,12H2,1-2H3/t8-,9-,10+,11+/m0/s1. The average molecular weight is 263 g/mol. The predicted octanol–water partition coefficient (Wildman–Crippen LogP) is -1.41. The smallest absolute Gasteiger partial charge is 0.147 e. The normalized spacial score (nSPS) is 32.4. The van der Waals surface area contributed by atoms with Crippen molar-refractivity contribution in [2.45, 2.75) is 24.4 Å². The number of ether oxygens (including phenoxy) is 4. The minimum atomic E-state index is -1.11. The molecule has 0 aliphatic heterocycles. The summed E-state index contributed by atoms with van der Waals surface area (Å²) in [5.74, 6) is 0. The van der Waals surface area contributed by atoms with Gasteiger partial charge in [0, 0.05) is 14.2 Å². The zero-order chi connectivity index (χ0) is 13.5. The molecule has 0 aromatic heterocycles. The van der Waals surface area contributed by atoms with Gasteiger partial charge in [0.25, 0.3) is 0 Å². The van der Waals surface area contributed by atoms with Crippen molar-refractivity contribution in [2.75, 3.05) is 34.4 Å². The predicted molar refractivity (Wildman–Crippen MR) is 62.6 cm³/mol. The van der Waals surface area contributed by atoms with Crippen molar-refractivity contribution in [2.24, 2.45) is 5.73 Å². The zero-order valence-electron chi connectivity index (χ0n) is 10.6. The highest BCUT2D eigenvalue weighted by Crippen LogP contribution is 2.22. The molecule has 0 saturated carbocycles. The van der Waals surface area contributed by atoms with Crippen LogP contribution >= 0.6 is 0 Å². The molecule has 0 heterocycles. The zero-order valence-corrected chi connectivity index (χ0v) is 10.6. The second kappa shape index (κ2) is 7.80. The largest absolute Gasteiger partial charge is 0.388 e. The van der Waals surface area contributed by atoms with Crippen molar-refractivity contribution in [3.05, 3.63) is 11.6 Å². The van der Waals surface area contributed by atoms with Crippen LogP contribution in [0.5, 0.6) is 0 Å². The fourth-order valence-corrected chi connectivity index (χ4v) is 1.79. The van der Waals surface area contributed by atoms with Gasteiger partial charge in [0.15, 0.2) is 0 Å². The summed E-state index contributed by atoms with van der Waals surface area (Å²) < 4.78 is 20.1. The number of methoxy groups -OCH3 is 2. The third kappa shape index (κ3) is 3.99. The fourth-order valence-electron chi connectivity index (χ4n) is 1.79. The number of hydrogen-bond donors (Lipinski definition) is 3. The van der Waals surface area contributed by atoms with E-state index in [-0.39, 0.29) is 20.2 Å². The van der Waals surface area contributed by atoms with E-state index in [1.807, 2.05) is 0 Å². The van der Waals surface area contributed by atoms with Crippen LogP contribution in [0.3, 0.4) is 0 Å². The second-order valence-electron chi connectivity index (χ2n) is 4.05. The molecule has 18 heavy (non-hydrogen) atoms. The topological polar surface area (TPSA) is 103 Å². The van der Waals surface area contributed by atoms with Crippen molar-refractivity contribution < 1.29 is 29.2 Å². The van der Waals surface area contributed by atoms with Crippen LogP contribution in [0.2, 0.25) is 0 Å². The first-order valence-corrected chi connectivity index (χ1v) is 5.61. The van der Waals surface area contributed by atoms with Crippen molar-refractivity contribution >= 4 is 0 Å². The minimum absolute atomic E-state index is 0.00526. The van der Waals surface area contributed by atoms with Gasteiger partial charge in [-0.15, -0.1) is 0 Å². The lowest BCUT2D eigenvalue weighted by atomic mass is 9.88. The summed E-state index contributed by atoms with van der Waals surface area (Å²) in [6, 6.07) is -0.650. The molecule has 0 spiro atoms. The molecule has 4 atom stereocenters. The number of aliphatic hydroxyl groups excluding tert-OH is 2. The van der Waals surface area contributed by atoms with Crippen molar-refractivity contribution in [1.82, 2.24) is 0 Å². The van der Waals surface area contributed by atoms with E-state index in [1.54, 1.807) is 6.08 Å². The van der Waals surface area contributed by atoms with Gasteiger partial charge in [-0.05, 0) is 5.57 Å². The molecule has 1 rings (SSSR count). The Bertz CT molecular complexity index is 272. The molecule has 7 heteroatoms. The SMILES string of the molecule is COCOCC1=C[C@H](N)[C@H](O)[C@@H](O)[C@@H]1OCOC. The first-order valence-electron chi connectivity index (χ1n) is 5.61. The van der Waals surface area contributed by atoms with E-state index in [0.717, 1.165) is 0 Å². The maximum absolute atomic E-state index is 9.92. The van der Waals surface area contributed by atoms with Crippen LogP contribution in [0.4, 0.5) is 0 Å². The maximum atomic E-state index is 9.92. The summed E-state index contributed by atoms with van der Waals surface area (Å²) in [7, 11) is 2.99. The molecule has 0 aromatic carbocycles. The van der Waals surface area contributed by atoms with Crippen LogP contribution in [0.1, 0.15) is 0 Å². The molecule has 0 amide bonds. The van der Waals surface area contributed by atoms with Gasteiger partial charge in [0.2, 0.25) is 0 Å². The van der Waals surface area contributed by atoms with E-state index in [0.29, 0.717) is 5.57 Å². The lowest BCUT2D eigenvalue weighted by Gasteiger charge is -2.35. The number of hydrogen-bond acceptors (Lipinski definition) is 7. The van der Waals surface area contributed by atoms with Crippen molar-refractivity contribution in [3.63, 3.8) is 0 Å². The Morgan fingerprint density at radius 2 is 1.83 bits per heavy atom. The van der Waals surface area contributed by atoms with E-state index in [4.69, 9.17) is 24.7 Å². The van der Waals surface area contributed by atoms with Crippen LogP contribution in [0.15, 0.2) is 11.6 Å². The summed E-state index contributed by atoms with van der Waals surface area (Å²) in [5.41, 5.74) is 6.36. The first-order chi connectivity index (χ1) is 8.61. The summed E-state index contributed by atoms with van der Waals surface area (Å²) in [4.78, 5) is 0. The average Bonchev–Trinajstić information content (AvgIpc) is 2.36. The number of rotatable bonds is 7. The summed E-state index contributed by atoms with van der Waals surface area (Å²) in [5, 5.41) is 19.6. The van der Waals surface area contributed by atoms with Crippen molar-refractivity contribution in [1.29, 1.82) is 0 Å². The molecule has 0 bridgehead atoms. The molecule has 1 aliphatic rings. The van der Waals surface area contributed by atoms with Gasteiger partial charge >= 0.3 is 0 Å². The second-order valence-corrected chi connectivity index (χ2v) is 4.05. The summed E-state index contributed by atoms with van der Waals surface area (Å²) >= 11 is 0. The van der Waals surface area contributed by atoms with Crippen LogP contribution in [-0.2, 0) is 18.9 Å². The maximum Gasteiger partial charge on any atom is 0.147 e. The van der Waals surface area contributed by atoms with Gasteiger partial charge < -0.3 is 34.9 Å². The molecular weight excluding hydrogens is 242 g/mol. The molecule has 7 nitrogen and oxygen atoms in total. The molecule has 0 radical (unpaired) electrons. The first kappa shape index (κ1) is 15.5. The highest BCUT2D eigenvalue weighted by atomic mass is 16.7. The van der Waals surface area contributed by atoms with Gasteiger partial charge in [-0.2, -0.15) is 0 Å². The monoisotopic (exact) mass is 263 g/mol. The molecule has 0 saturated heterocycles. The Balaban J connectivity index is 2.68. The van der Waals surface area contributed by atoms with Gasteiger partial charge in [-0.1, -0.05) is 6.08 Å². The van der Waals surface area contributed by atoms with Gasteiger partial charge in [0.1, 0.15) is 31.9 Å². The molecule has 0 fully saturated rings. The molecule has 0 aromatic rings. The Hall–Kier alpha value is -0.540. The fraction of sp³-hybridized carbons (Fsp3) is 0.818. The van der Waals surface area contributed by atoms with E-state index < -0.39 is 24.4 Å². The minimum Gasteiger partial charge on any atom is -0.388 e. The van der Waals surface area contributed by atoms with E-state index in [9.17, 15) is 10.2 Å². The third-order valence-corrected chi connectivity index (χ3v) is 2.66. The molecule has 106 valence electrons. The number of nitrogens with two attached hydrogens (primary N) is 1. The Kier molecular flexibility index (Phi) is 6.72. The van der Waals surface area contributed by atoms with E-state index >= 15 is 0 Å². The van der Waals surface area contributed by atoms with Gasteiger partial charge in [-0.25, -0.2) is 0 Å². The van der Waals surface area contributed by atoms with Crippen LogP contribution in [0, 0.1) is 0 Å². The van der Waals surface area contributed by atoms with Crippen LogP contribution in [0.25, 0.3) is 0 Å². The molecular formula is C11H21NO6. The van der Waals surface area contributed by atoms with E-state index in [1.165, 1.54) is 14.2 Å². The third-order valence-electron chi connectivity index (χ3n) is 2.66. The van der Waals surface area contributed by atoms with Crippen molar-refractivity contribution in [3.8, 4) is 0 Å².